The van der Waals surface area contributed by atoms with Crippen molar-refractivity contribution in [2.45, 2.75) is 12.5 Å². The van der Waals surface area contributed by atoms with Crippen LogP contribution >= 0.6 is 11.6 Å². The Labute approximate surface area is 98.8 Å². The largest absolute Gasteiger partial charge is 0.386 e. The highest BCUT2D eigenvalue weighted by molar-refractivity contribution is 6.30. The molecule has 2 aromatic rings. The first-order valence-corrected chi connectivity index (χ1v) is 5.33. The maximum atomic E-state index is 9.92. The molecule has 0 saturated heterocycles. The van der Waals surface area contributed by atoms with Crippen LogP contribution in [0.15, 0.2) is 42.7 Å². The Balaban J connectivity index is 2.09. The second-order valence-electron chi connectivity index (χ2n) is 3.44. The molecular formula is C12H11ClN2O. The molecule has 0 aliphatic rings. The van der Waals surface area contributed by atoms with Crippen LogP contribution in [0.2, 0.25) is 5.02 Å². The zero-order chi connectivity index (χ0) is 11.4. The number of aliphatic hydroxyl groups excluding tert-OH is 1. The van der Waals surface area contributed by atoms with Gasteiger partial charge in [-0.25, -0.2) is 0 Å². The SMILES string of the molecule is OC(Cc1ccccn1)c1ccc(Cl)cn1. The maximum absolute atomic E-state index is 9.92. The van der Waals surface area contributed by atoms with Crippen LogP contribution in [0.25, 0.3) is 0 Å². The predicted octanol–water partition coefficient (Wildman–Crippen LogP) is 2.41. The van der Waals surface area contributed by atoms with E-state index in [4.69, 9.17) is 11.6 Å². The summed E-state index contributed by atoms with van der Waals surface area (Å²) in [6.45, 7) is 0. The van der Waals surface area contributed by atoms with Gasteiger partial charge in [-0.2, -0.15) is 0 Å². The van der Waals surface area contributed by atoms with Gasteiger partial charge in [-0.05, 0) is 24.3 Å². The number of hydrogen-bond donors (Lipinski definition) is 1. The molecule has 0 aromatic carbocycles. The van der Waals surface area contributed by atoms with Crippen LogP contribution in [0.3, 0.4) is 0 Å². The van der Waals surface area contributed by atoms with E-state index in [2.05, 4.69) is 9.97 Å². The van der Waals surface area contributed by atoms with E-state index in [9.17, 15) is 5.11 Å². The topological polar surface area (TPSA) is 46.0 Å². The zero-order valence-corrected chi connectivity index (χ0v) is 9.30. The van der Waals surface area contributed by atoms with Crippen molar-refractivity contribution in [3.05, 3.63) is 59.1 Å². The normalized spacial score (nSPS) is 12.4. The molecule has 0 aliphatic heterocycles. The molecule has 0 fully saturated rings. The van der Waals surface area contributed by atoms with Crippen LogP contribution < -0.4 is 0 Å². The van der Waals surface area contributed by atoms with Crippen molar-refractivity contribution in [3.63, 3.8) is 0 Å². The number of rotatable bonds is 3. The summed E-state index contributed by atoms with van der Waals surface area (Å²) < 4.78 is 0. The fourth-order valence-electron chi connectivity index (χ4n) is 1.41. The van der Waals surface area contributed by atoms with Gasteiger partial charge in [-0.3, -0.25) is 9.97 Å². The summed E-state index contributed by atoms with van der Waals surface area (Å²) in [7, 11) is 0. The third-order valence-corrected chi connectivity index (χ3v) is 2.44. The van der Waals surface area contributed by atoms with Gasteiger partial charge in [0.1, 0.15) is 6.10 Å². The van der Waals surface area contributed by atoms with Crippen LogP contribution in [0, 0.1) is 0 Å². The molecule has 0 bridgehead atoms. The van der Waals surface area contributed by atoms with Crippen molar-refractivity contribution in [1.29, 1.82) is 0 Å². The predicted molar refractivity (Wildman–Crippen MR) is 62.1 cm³/mol. The average molecular weight is 235 g/mol. The van der Waals surface area contributed by atoms with E-state index in [1.165, 1.54) is 6.20 Å². The smallest absolute Gasteiger partial charge is 0.101 e. The molecule has 0 amide bonds. The van der Waals surface area contributed by atoms with Crippen LogP contribution in [-0.4, -0.2) is 15.1 Å². The first kappa shape index (κ1) is 11.0. The summed E-state index contributed by atoms with van der Waals surface area (Å²) in [5.41, 5.74) is 1.45. The summed E-state index contributed by atoms with van der Waals surface area (Å²) in [6.07, 6.45) is 3.04. The molecule has 1 atom stereocenters. The second kappa shape index (κ2) is 5.05. The minimum absolute atomic E-state index is 0.454. The van der Waals surface area contributed by atoms with Gasteiger partial charge in [0.25, 0.3) is 0 Å². The lowest BCUT2D eigenvalue weighted by Crippen LogP contribution is -2.04. The van der Waals surface area contributed by atoms with E-state index in [-0.39, 0.29) is 0 Å². The van der Waals surface area contributed by atoms with Crippen LogP contribution in [0.5, 0.6) is 0 Å². The monoisotopic (exact) mass is 234 g/mol. The highest BCUT2D eigenvalue weighted by Crippen LogP contribution is 2.16. The Morgan fingerprint density at radius 2 is 2.06 bits per heavy atom. The standard InChI is InChI=1S/C12H11ClN2O/c13-9-4-5-11(15-8-9)12(16)7-10-3-1-2-6-14-10/h1-6,8,12,16H,7H2. The molecule has 1 N–H and O–H groups in total. The minimum atomic E-state index is -0.646. The lowest BCUT2D eigenvalue weighted by Gasteiger charge is -2.09. The molecule has 16 heavy (non-hydrogen) atoms. The molecule has 2 heterocycles. The maximum Gasteiger partial charge on any atom is 0.101 e. The summed E-state index contributed by atoms with van der Waals surface area (Å²) in [5.74, 6) is 0. The number of halogens is 1. The summed E-state index contributed by atoms with van der Waals surface area (Å²) >= 11 is 5.72. The Morgan fingerprint density at radius 3 is 2.69 bits per heavy atom. The van der Waals surface area contributed by atoms with Gasteiger partial charge < -0.3 is 5.11 Å². The van der Waals surface area contributed by atoms with Crippen molar-refractivity contribution < 1.29 is 5.11 Å². The number of aromatic nitrogens is 2. The van der Waals surface area contributed by atoms with E-state index >= 15 is 0 Å². The molecular weight excluding hydrogens is 224 g/mol. The molecule has 0 radical (unpaired) electrons. The minimum Gasteiger partial charge on any atom is -0.386 e. The molecule has 82 valence electrons. The van der Waals surface area contributed by atoms with Gasteiger partial charge in [0, 0.05) is 24.5 Å². The quantitative estimate of drug-likeness (QED) is 0.887. The van der Waals surface area contributed by atoms with Crippen LogP contribution in [0.1, 0.15) is 17.5 Å². The Morgan fingerprint density at radius 1 is 1.19 bits per heavy atom. The molecule has 3 nitrogen and oxygen atoms in total. The number of aliphatic hydroxyl groups is 1. The molecule has 0 aliphatic carbocycles. The lowest BCUT2D eigenvalue weighted by atomic mass is 10.1. The average Bonchev–Trinajstić information content (AvgIpc) is 2.31. The van der Waals surface area contributed by atoms with Crippen LogP contribution in [-0.2, 0) is 6.42 Å². The van der Waals surface area contributed by atoms with Crippen molar-refractivity contribution in [2.75, 3.05) is 0 Å². The van der Waals surface area contributed by atoms with E-state index < -0.39 is 6.10 Å². The van der Waals surface area contributed by atoms with Crippen LogP contribution in [0.4, 0.5) is 0 Å². The third-order valence-electron chi connectivity index (χ3n) is 2.22. The molecule has 0 saturated carbocycles. The summed E-state index contributed by atoms with van der Waals surface area (Å²) in [5, 5.41) is 10.5. The van der Waals surface area contributed by atoms with E-state index in [0.717, 1.165) is 5.69 Å². The van der Waals surface area contributed by atoms with Gasteiger partial charge in [-0.1, -0.05) is 17.7 Å². The molecule has 2 rings (SSSR count). The molecule has 4 heteroatoms. The first-order valence-electron chi connectivity index (χ1n) is 4.95. The summed E-state index contributed by atoms with van der Waals surface area (Å²) in [6, 6.07) is 9.04. The van der Waals surface area contributed by atoms with E-state index in [0.29, 0.717) is 17.1 Å². The third kappa shape index (κ3) is 2.78. The summed E-state index contributed by atoms with van der Waals surface area (Å²) in [4.78, 5) is 8.21. The van der Waals surface area contributed by atoms with Gasteiger partial charge in [0.15, 0.2) is 0 Å². The highest BCUT2D eigenvalue weighted by Gasteiger charge is 2.10. The highest BCUT2D eigenvalue weighted by atomic mass is 35.5. The fraction of sp³-hybridized carbons (Fsp3) is 0.167. The van der Waals surface area contributed by atoms with Gasteiger partial charge in [0.2, 0.25) is 0 Å². The fourth-order valence-corrected chi connectivity index (χ4v) is 1.52. The second-order valence-corrected chi connectivity index (χ2v) is 3.88. The van der Waals surface area contributed by atoms with Crippen molar-refractivity contribution in [3.8, 4) is 0 Å². The lowest BCUT2D eigenvalue weighted by molar-refractivity contribution is 0.172. The zero-order valence-electron chi connectivity index (χ0n) is 8.55. The molecule has 0 spiro atoms. The van der Waals surface area contributed by atoms with E-state index in [1.807, 2.05) is 18.2 Å². The van der Waals surface area contributed by atoms with E-state index in [1.54, 1.807) is 18.3 Å². The number of nitrogens with zero attached hydrogens (tertiary/aromatic N) is 2. The number of hydrogen-bond acceptors (Lipinski definition) is 3. The number of pyridine rings is 2. The van der Waals surface area contributed by atoms with Gasteiger partial charge in [-0.15, -0.1) is 0 Å². The van der Waals surface area contributed by atoms with Crippen molar-refractivity contribution in [2.24, 2.45) is 0 Å². The Bertz CT molecular complexity index is 444. The first-order chi connectivity index (χ1) is 7.75. The van der Waals surface area contributed by atoms with Gasteiger partial charge >= 0.3 is 0 Å². The molecule has 2 aromatic heterocycles. The molecule has 1 unspecified atom stereocenters. The van der Waals surface area contributed by atoms with Gasteiger partial charge in [0.05, 0.1) is 10.7 Å². The van der Waals surface area contributed by atoms with Crippen molar-refractivity contribution >= 4 is 11.6 Å². The Hall–Kier alpha value is -1.45. The Kier molecular flexibility index (Phi) is 3.49. The van der Waals surface area contributed by atoms with Crippen molar-refractivity contribution in [1.82, 2.24) is 9.97 Å².